The lowest BCUT2D eigenvalue weighted by Gasteiger charge is -2.11. The molecule has 2 rings (SSSR count). The highest BCUT2D eigenvalue weighted by atomic mass is 16.5. The van der Waals surface area contributed by atoms with Gasteiger partial charge in [-0.15, -0.1) is 0 Å². The van der Waals surface area contributed by atoms with Crippen LogP contribution in [0.5, 0.6) is 0 Å². The van der Waals surface area contributed by atoms with Crippen molar-refractivity contribution < 1.29 is 14.3 Å². The third-order valence-corrected chi connectivity index (χ3v) is 4.18. The Morgan fingerprint density at radius 2 is 1.96 bits per heavy atom. The Kier molecular flexibility index (Phi) is 8.15. The average molecular weight is 384 g/mol. The average Bonchev–Trinajstić information content (AvgIpc) is 2.71. The fourth-order valence-corrected chi connectivity index (χ4v) is 2.73. The topological polar surface area (TPSA) is 114 Å². The molecule has 8 nitrogen and oxygen atoms in total. The summed E-state index contributed by atoms with van der Waals surface area (Å²) in [6.07, 6.45) is 4.08. The summed E-state index contributed by atoms with van der Waals surface area (Å²) in [5, 5.41) is 15.9. The molecule has 8 heteroatoms. The summed E-state index contributed by atoms with van der Waals surface area (Å²) in [5.74, 6) is -1.27. The molecule has 1 aromatic carbocycles. The third-order valence-electron chi connectivity index (χ3n) is 4.18. The van der Waals surface area contributed by atoms with E-state index in [0.717, 1.165) is 25.7 Å². The largest absolute Gasteiger partial charge is 0.451 e. The molecule has 148 valence electrons. The number of benzene rings is 1. The molecule has 0 unspecified atom stereocenters. The van der Waals surface area contributed by atoms with Crippen LogP contribution in [0, 0.1) is 11.3 Å². The molecule has 1 heterocycles. The summed E-state index contributed by atoms with van der Waals surface area (Å²) < 4.78 is 6.35. The van der Waals surface area contributed by atoms with Gasteiger partial charge in [0.1, 0.15) is 0 Å². The van der Waals surface area contributed by atoms with E-state index in [1.165, 1.54) is 4.68 Å². The minimum Gasteiger partial charge on any atom is -0.451 e. The fourth-order valence-electron chi connectivity index (χ4n) is 2.73. The zero-order valence-electron chi connectivity index (χ0n) is 15.9. The van der Waals surface area contributed by atoms with Gasteiger partial charge >= 0.3 is 5.97 Å². The summed E-state index contributed by atoms with van der Waals surface area (Å²) in [7, 11) is 0. The minimum atomic E-state index is -0.769. The minimum absolute atomic E-state index is 0.00974. The number of carbonyl (C=O) groups is 2. The Bertz CT molecular complexity index is 930. The van der Waals surface area contributed by atoms with Crippen LogP contribution < -0.4 is 10.9 Å². The van der Waals surface area contributed by atoms with Gasteiger partial charge in [-0.1, -0.05) is 44.4 Å². The van der Waals surface area contributed by atoms with Crippen molar-refractivity contribution in [1.29, 1.82) is 5.26 Å². The molecule has 0 aliphatic rings. The molecule has 0 bridgehead atoms. The highest BCUT2D eigenvalue weighted by Crippen LogP contribution is 2.14. The zero-order chi connectivity index (χ0) is 20.4. The lowest BCUT2D eigenvalue weighted by Crippen LogP contribution is -2.31. The first-order valence-electron chi connectivity index (χ1n) is 9.39. The highest BCUT2D eigenvalue weighted by Gasteiger charge is 2.18. The Morgan fingerprint density at radius 3 is 2.68 bits per heavy atom. The molecule has 0 aliphatic heterocycles. The molecule has 1 amide bonds. The first kappa shape index (κ1) is 21.1. The van der Waals surface area contributed by atoms with Gasteiger partial charge in [-0.3, -0.25) is 9.59 Å². The number of amides is 1. The van der Waals surface area contributed by atoms with Crippen molar-refractivity contribution in [2.75, 3.05) is 13.2 Å². The van der Waals surface area contributed by atoms with E-state index in [1.54, 1.807) is 24.3 Å². The van der Waals surface area contributed by atoms with Gasteiger partial charge in [-0.25, -0.2) is 9.48 Å². The number of ether oxygens (including phenoxy) is 1. The van der Waals surface area contributed by atoms with Crippen LogP contribution >= 0.6 is 0 Å². The number of nitrogens with zero attached hydrogens (tertiary/aromatic N) is 3. The van der Waals surface area contributed by atoms with E-state index >= 15 is 0 Å². The molecule has 0 aliphatic carbocycles. The van der Waals surface area contributed by atoms with Crippen LogP contribution in [0.3, 0.4) is 0 Å². The van der Waals surface area contributed by atoms with Crippen molar-refractivity contribution in [3.05, 3.63) is 40.3 Å². The van der Waals surface area contributed by atoms with E-state index in [0.29, 0.717) is 17.3 Å². The molecule has 0 spiro atoms. The van der Waals surface area contributed by atoms with Crippen LogP contribution in [0.25, 0.3) is 10.8 Å². The maximum atomic E-state index is 12.6. The summed E-state index contributed by atoms with van der Waals surface area (Å²) in [5.41, 5.74) is -0.242. The lowest BCUT2D eigenvalue weighted by molar-refractivity contribution is -0.124. The first-order chi connectivity index (χ1) is 13.6. The standard InChI is InChI=1S/C20H24N4O4/c1-2-3-4-7-13-24-19(26)16-10-6-5-9-15(16)18(23-24)20(27)28-14-17(25)22-12-8-11-21/h5-6,9-10H,2-4,7-8,12-14H2,1H3,(H,22,25). The quantitative estimate of drug-likeness (QED) is 0.496. The van der Waals surface area contributed by atoms with Gasteiger partial charge in [0.25, 0.3) is 11.5 Å². The zero-order valence-corrected chi connectivity index (χ0v) is 15.9. The first-order valence-corrected chi connectivity index (χ1v) is 9.39. The molecule has 1 aromatic heterocycles. The van der Waals surface area contributed by atoms with Crippen molar-refractivity contribution in [2.45, 2.75) is 45.6 Å². The van der Waals surface area contributed by atoms with E-state index in [-0.39, 0.29) is 24.2 Å². The molecule has 0 atom stereocenters. The maximum absolute atomic E-state index is 12.6. The Morgan fingerprint density at radius 1 is 1.21 bits per heavy atom. The van der Waals surface area contributed by atoms with Gasteiger partial charge < -0.3 is 10.1 Å². The number of hydrogen-bond donors (Lipinski definition) is 1. The van der Waals surface area contributed by atoms with Crippen molar-refractivity contribution >= 4 is 22.6 Å². The SMILES string of the molecule is CCCCCCn1nc(C(=O)OCC(=O)NCCC#N)c2ccccc2c1=O. The molecular formula is C20H24N4O4. The van der Waals surface area contributed by atoms with E-state index < -0.39 is 18.5 Å². The van der Waals surface area contributed by atoms with Crippen molar-refractivity contribution in [1.82, 2.24) is 15.1 Å². The number of unbranched alkanes of at least 4 members (excludes halogenated alkanes) is 3. The highest BCUT2D eigenvalue weighted by molar-refractivity contribution is 6.02. The van der Waals surface area contributed by atoms with E-state index in [2.05, 4.69) is 17.3 Å². The number of fused-ring (bicyclic) bond motifs is 1. The number of aromatic nitrogens is 2. The van der Waals surface area contributed by atoms with Crippen LogP contribution in [-0.2, 0) is 16.1 Å². The summed E-state index contributed by atoms with van der Waals surface area (Å²) in [6, 6.07) is 8.62. The predicted molar refractivity (Wildman–Crippen MR) is 104 cm³/mol. The Hall–Kier alpha value is -3.21. The molecule has 28 heavy (non-hydrogen) atoms. The van der Waals surface area contributed by atoms with Gasteiger partial charge in [-0.05, 0) is 12.5 Å². The smallest absolute Gasteiger partial charge is 0.359 e. The van der Waals surface area contributed by atoms with Gasteiger partial charge in [0.05, 0.1) is 17.9 Å². The number of nitriles is 1. The van der Waals surface area contributed by atoms with Crippen LogP contribution in [0.2, 0.25) is 0 Å². The van der Waals surface area contributed by atoms with Gasteiger partial charge in [0.2, 0.25) is 0 Å². The van der Waals surface area contributed by atoms with Crippen molar-refractivity contribution in [2.24, 2.45) is 0 Å². The van der Waals surface area contributed by atoms with E-state index in [4.69, 9.17) is 10.00 Å². The molecule has 0 saturated heterocycles. The van der Waals surface area contributed by atoms with Crippen LogP contribution in [0.1, 0.15) is 49.5 Å². The summed E-state index contributed by atoms with van der Waals surface area (Å²) in [6.45, 7) is 2.23. The molecule has 0 radical (unpaired) electrons. The van der Waals surface area contributed by atoms with Crippen LogP contribution in [0.4, 0.5) is 0 Å². The monoisotopic (exact) mass is 384 g/mol. The second-order valence-electron chi connectivity index (χ2n) is 6.32. The molecule has 2 aromatic rings. The van der Waals surface area contributed by atoms with Gasteiger partial charge in [-0.2, -0.15) is 10.4 Å². The number of nitrogens with one attached hydrogen (secondary N) is 1. The van der Waals surface area contributed by atoms with E-state index in [9.17, 15) is 14.4 Å². The number of esters is 1. The fraction of sp³-hybridized carbons (Fsp3) is 0.450. The van der Waals surface area contributed by atoms with Crippen LogP contribution in [0.15, 0.2) is 29.1 Å². The molecular weight excluding hydrogens is 360 g/mol. The molecule has 1 N–H and O–H groups in total. The third kappa shape index (κ3) is 5.64. The van der Waals surface area contributed by atoms with Gasteiger partial charge in [0, 0.05) is 18.5 Å². The Balaban J connectivity index is 2.18. The second-order valence-corrected chi connectivity index (χ2v) is 6.32. The number of hydrogen-bond acceptors (Lipinski definition) is 6. The normalized spacial score (nSPS) is 10.4. The Labute approximate surface area is 163 Å². The second kappa shape index (κ2) is 10.8. The van der Waals surface area contributed by atoms with Crippen molar-refractivity contribution in [3.8, 4) is 6.07 Å². The predicted octanol–water partition coefficient (Wildman–Crippen LogP) is 2.16. The number of aryl methyl sites for hydroxylation is 1. The van der Waals surface area contributed by atoms with Gasteiger partial charge in [0.15, 0.2) is 12.3 Å². The number of rotatable bonds is 10. The summed E-state index contributed by atoms with van der Waals surface area (Å²) in [4.78, 5) is 36.8. The lowest BCUT2D eigenvalue weighted by atomic mass is 10.1. The van der Waals surface area contributed by atoms with Crippen LogP contribution in [-0.4, -0.2) is 34.8 Å². The molecule has 0 fully saturated rings. The number of carbonyl (C=O) groups excluding carboxylic acids is 2. The van der Waals surface area contributed by atoms with Crippen molar-refractivity contribution in [3.63, 3.8) is 0 Å². The van der Waals surface area contributed by atoms with E-state index in [1.807, 2.05) is 6.07 Å². The molecule has 0 saturated carbocycles. The summed E-state index contributed by atoms with van der Waals surface area (Å²) >= 11 is 0. The maximum Gasteiger partial charge on any atom is 0.359 e.